The molecule has 102 valence electrons. The number of nitrogens with zero attached hydrogens (tertiary/aromatic N) is 1. The first-order chi connectivity index (χ1) is 9.49. The van der Waals surface area contributed by atoms with Crippen molar-refractivity contribution in [1.29, 1.82) is 5.26 Å². The van der Waals surface area contributed by atoms with Crippen LogP contribution >= 0.6 is 0 Å². The lowest BCUT2D eigenvalue weighted by Gasteiger charge is -2.07. The predicted octanol–water partition coefficient (Wildman–Crippen LogP) is 1.82. The lowest BCUT2D eigenvalue weighted by Crippen LogP contribution is -2.12. The third-order valence-corrected chi connectivity index (χ3v) is 3.69. The first kappa shape index (κ1) is 14.1. The number of benzene rings is 2. The maximum absolute atomic E-state index is 11.1. The molecule has 0 saturated carbocycles. The minimum atomic E-state index is -3.65. The van der Waals surface area contributed by atoms with Gasteiger partial charge in [-0.3, -0.25) is 0 Å². The molecule has 0 unspecified atom stereocenters. The Morgan fingerprint density at radius 1 is 1.05 bits per heavy atom. The van der Waals surface area contributed by atoms with Crippen molar-refractivity contribution >= 4 is 15.7 Å². The molecule has 0 atom stereocenters. The van der Waals surface area contributed by atoms with Gasteiger partial charge in [-0.2, -0.15) is 5.26 Å². The molecule has 6 heteroatoms. The van der Waals surface area contributed by atoms with Crippen molar-refractivity contribution in [3.05, 3.63) is 59.7 Å². The van der Waals surface area contributed by atoms with Crippen molar-refractivity contribution in [2.24, 2.45) is 5.14 Å². The Morgan fingerprint density at radius 3 is 2.15 bits per heavy atom. The van der Waals surface area contributed by atoms with Crippen LogP contribution in [-0.2, 0) is 16.6 Å². The summed E-state index contributed by atoms with van der Waals surface area (Å²) in [5.74, 6) is 0. The van der Waals surface area contributed by atoms with E-state index in [-0.39, 0.29) is 4.90 Å². The molecule has 0 saturated heterocycles. The summed E-state index contributed by atoms with van der Waals surface area (Å²) in [6.07, 6.45) is 0. The fourth-order valence-corrected chi connectivity index (χ4v) is 2.18. The van der Waals surface area contributed by atoms with Crippen molar-refractivity contribution in [2.75, 3.05) is 5.32 Å². The second kappa shape index (κ2) is 5.74. The molecule has 0 bridgehead atoms. The highest BCUT2D eigenvalue weighted by Gasteiger charge is 2.06. The SMILES string of the molecule is N#Cc1ccc(CNc2ccc(S(N)(=O)=O)cc2)cc1. The predicted molar refractivity (Wildman–Crippen MR) is 76.3 cm³/mol. The highest BCUT2D eigenvalue weighted by Crippen LogP contribution is 2.14. The van der Waals surface area contributed by atoms with Crippen LogP contribution in [0.2, 0.25) is 0 Å². The summed E-state index contributed by atoms with van der Waals surface area (Å²) in [4.78, 5) is 0.0847. The number of rotatable bonds is 4. The van der Waals surface area contributed by atoms with Gasteiger partial charge in [0.1, 0.15) is 0 Å². The van der Waals surface area contributed by atoms with Gasteiger partial charge in [-0.05, 0) is 42.0 Å². The van der Waals surface area contributed by atoms with Crippen molar-refractivity contribution < 1.29 is 8.42 Å². The second-order valence-electron chi connectivity index (χ2n) is 4.23. The summed E-state index contributed by atoms with van der Waals surface area (Å²) >= 11 is 0. The molecule has 0 fully saturated rings. The second-order valence-corrected chi connectivity index (χ2v) is 5.79. The van der Waals surface area contributed by atoms with Crippen molar-refractivity contribution in [3.63, 3.8) is 0 Å². The topological polar surface area (TPSA) is 96.0 Å². The number of nitriles is 1. The van der Waals surface area contributed by atoms with Gasteiger partial charge < -0.3 is 5.32 Å². The quantitative estimate of drug-likeness (QED) is 0.896. The van der Waals surface area contributed by atoms with Crippen molar-refractivity contribution in [2.45, 2.75) is 11.4 Å². The average molecular weight is 287 g/mol. The van der Waals surface area contributed by atoms with E-state index in [1.807, 2.05) is 12.1 Å². The summed E-state index contributed by atoms with van der Waals surface area (Å²) in [5.41, 5.74) is 2.44. The van der Waals surface area contributed by atoms with Crippen LogP contribution < -0.4 is 10.5 Å². The van der Waals surface area contributed by atoms with Crippen LogP contribution in [-0.4, -0.2) is 8.42 Å². The lowest BCUT2D eigenvalue weighted by molar-refractivity contribution is 0.598. The molecule has 0 aliphatic carbocycles. The largest absolute Gasteiger partial charge is 0.381 e. The Kier molecular flexibility index (Phi) is 4.03. The molecule has 0 heterocycles. The first-order valence-corrected chi connectivity index (χ1v) is 7.39. The molecule has 0 aliphatic heterocycles. The van der Waals surface area contributed by atoms with Gasteiger partial charge in [0, 0.05) is 12.2 Å². The minimum Gasteiger partial charge on any atom is -0.381 e. The Hall–Kier alpha value is -2.36. The smallest absolute Gasteiger partial charge is 0.238 e. The van der Waals surface area contributed by atoms with Crippen LogP contribution in [0.4, 0.5) is 5.69 Å². The van der Waals surface area contributed by atoms with E-state index in [4.69, 9.17) is 10.4 Å². The number of hydrogen-bond acceptors (Lipinski definition) is 4. The van der Waals surface area contributed by atoms with Gasteiger partial charge in [0.15, 0.2) is 0 Å². The van der Waals surface area contributed by atoms with Crippen molar-refractivity contribution in [3.8, 4) is 6.07 Å². The van der Waals surface area contributed by atoms with Gasteiger partial charge in [-0.1, -0.05) is 12.1 Å². The molecule has 0 radical (unpaired) electrons. The highest BCUT2D eigenvalue weighted by atomic mass is 32.2. The molecule has 20 heavy (non-hydrogen) atoms. The number of primary sulfonamides is 1. The van der Waals surface area contributed by atoms with E-state index in [0.29, 0.717) is 12.1 Å². The number of hydrogen-bond donors (Lipinski definition) is 2. The number of sulfonamides is 1. The molecule has 2 rings (SSSR count). The van der Waals surface area contributed by atoms with E-state index in [1.54, 1.807) is 24.3 Å². The van der Waals surface area contributed by atoms with E-state index in [1.165, 1.54) is 12.1 Å². The minimum absolute atomic E-state index is 0.0847. The molecular formula is C14H13N3O2S. The molecule has 2 aromatic rings. The van der Waals surface area contributed by atoms with E-state index in [9.17, 15) is 8.42 Å². The maximum Gasteiger partial charge on any atom is 0.238 e. The average Bonchev–Trinajstić information content (AvgIpc) is 2.45. The summed E-state index contributed by atoms with van der Waals surface area (Å²) < 4.78 is 22.2. The van der Waals surface area contributed by atoms with E-state index in [2.05, 4.69) is 11.4 Å². The fourth-order valence-electron chi connectivity index (χ4n) is 1.66. The molecule has 0 spiro atoms. The van der Waals surface area contributed by atoms with E-state index < -0.39 is 10.0 Å². The van der Waals surface area contributed by atoms with E-state index in [0.717, 1.165) is 11.3 Å². The summed E-state index contributed by atoms with van der Waals surface area (Å²) in [6, 6.07) is 15.5. The van der Waals surface area contributed by atoms with Crippen molar-refractivity contribution in [1.82, 2.24) is 0 Å². The van der Waals surface area contributed by atoms with Gasteiger partial charge in [-0.15, -0.1) is 0 Å². The van der Waals surface area contributed by atoms with Crippen LogP contribution in [0, 0.1) is 11.3 Å². The van der Waals surface area contributed by atoms with Gasteiger partial charge in [0.05, 0.1) is 16.5 Å². The normalized spacial score (nSPS) is 10.8. The fraction of sp³-hybridized carbons (Fsp3) is 0.0714. The molecule has 0 aromatic heterocycles. The first-order valence-electron chi connectivity index (χ1n) is 5.85. The van der Waals surface area contributed by atoms with Crippen LogP contribution in [0.25, 0.3) is 0 Å². The summed E-state index contributed by atoms with van der Waals surface area (Å²) in [7, 11) is -3.65. The Morgan fingerprint density at radius 2 is 1.65 bits per heavy atom. The molecule has 3 N–H and O–H groups in total. The number of nitrogens with one attached hydrogen (secondary N) is 1. The monoisotopic (exact) mass is 287 g/mol. The zero-order valence-corrected chi connectivity index (χ0v) is 11.4. The molecule has 0 amide bonds. The zero-order valence-electron chi connectivity index (χ0n) is 10.6. The van der Waals surface area contributed by atoms with Gasteiger partial charge in [-0.25, -0.2) is 13.6 Å². The van der Waals surface area contributed by atoms with Gasteiger partial charge in [0.2, 0.25) is 10.0 Å². The lowest BCUT2D eigenvalue weighted by atomic mass is 10.1. The van der Waals surface area contributed by atoms with Gasteiger partial charge in [0.25, 0.3) is 0 Å². The molecule has 2 aromatic carbocycles. The third-order valence-electron chi connectivity index (χ3n) is 2.76. The Bertz CT molecular complexity index is 729. The van der Waals surface area contributed by atoms with Gasteiger partial charge >= 0.3 is 0 Å². The number of nitrogens with two attached hydrogens (primary N) is 1. The number of anilines is 1. The van der Waals surface area contributed by atoms with Crippen LogP contribution in [0.1, 0.15) is 11.1 Å². The van der Waals surface area contributed by atoms with Crippen LogP contribution in [0.5, 0.6) is 0 Å². The summed E-state index contributed by atoms with van der Waals surface area (Å²) in [6.45, 7) is 0.584. The molecule has 0 aliphatic rings. The van der Waals surface area contributed by atoms with E-state index >= 15 is 0 Å². The Balaban J connectivity index is 2.02. The standard InChI is InChI=1S/C14H13N3O2S/c15-9-11-1-3-12(4-2-11)10-17-13-5-7-14(8-6-13)20(16,18)19/h1-8,17H,10H2,(H2,16,18,19). The third kappa shape index (κ3) is 3.57. The Labute approximate surface area is 117 Å². The maximum atomic E-state index is 11.1. The van der Waals surface area contributed by atoms with Crippen LogP contribution in [0.3, 0.4) is 0 Å². The summed E-state index contributed by atoms with van der Waals surface area (Å²) in [5, 5.41) is 16.9. The van der Waals surface area contributed by atoms with Crippen LogP contribution in [0.15, 0.2) is 53.4 Å². The zero-order chi connectivity index (χ0) is 14.6. The highest BCUT2D eigenvalue weighted by molar-refractivity contribution is 7.89. The molecular weight excluding hydrogens is 274 g/mol. The molecule has 5 nitrogen and oxygen atoms in total.